The quantitative estimate of drug-likeness (QED) is 0.756. The third kappa shape index (κ3) is 4.14. The second-order valence-electron chi connectivity index (χ2n) is 6.43. The first-order chi connectivity index (χ1) is 10.9. The highest BCUT2D eigenvalue weighted by atomic mass is 16.5. The maximum atomic E-state index is 12.5. The summed E-state index contributed by atoms with van der Waals surface area (Å²) in [6, 6.07) is 0.396. The van der Waals surface area contributed by atoms with Crippen molar-refractivity contribution in [1.82, 2.24) is 15.4 Å². The van der Waals surface area contributed by atoms with E-state index in [1.54, 1.807) is 0 Å². The van der Waals surface area contributed by atoms with Crippen LogP contribution >= 0.6 is 0 Å². The van der Waals surface area contributed by atoms with Gasteiger partial charge in [-0.1, -0.05) is 32.9 Å². The van der Waals surface area contributed by atoms with E-state index >= 15 is 0 Å². The Labute approximate surface area is 140 Å². The van der Waals surface area contributed by atoms with E-state index in [-0.39, 0.29) is 11.3 Å². The molecule has 0 bridgehead atoms. The Morgan fingerprint density at radius 3 is 2.35 bits per heavy atom. The number of carbonyl (C=O) groups is 1. The van der Waals surface area contributed by atoms with Gasteiger partial charge in [-0.3, -0.25) is 4.79 Å². The maximum Gasteiger partial charge on any atom is 0.273 e. The van der Waals surface area contributed by atoms with Crippen molar-refractivity contribution in [3.05, 3.63) is 17.0 Å². The number of aromatic nitrogens is 1. The first-order valence-corrected chi connectivity index (χ1v) is 8.80. The monoisotopic (exact) mass is 323 g/mol. The van der Waals surface area contributed by atoms with Gasteiger partial charge in [0, 0.05) is 30.0 Å². The van der Waals surface area contributed by atoms with Crippen molar-refractivity contribution in [2.45, 2.75) is 66.8 Å². The molecule has 0 fully saturated rings. The van der Waals surface area contributed by atoms with Crippen LogP contribution in [0.1, 0.15) is 69.3 Å². The van der Waals surface area contributed by atoms with Gasteiger partial charge in [0.15, 0.2) is 5.69 Å². The minimum absolute atomic E-state index is 0.0612. The van der Waals surface area contributed by atoms with E-state index < -0.39 is 0 Å². The van der Waals surface area contributed by atoms with Gasteiger partial charge in [-0.15, -0.1) is 0 Å². The van der Waals surface area contributed by atoms with Gasteiger partial charge in [-0.25, -0.2) is 0 Å². The molecule has 1 heterocycles. The molecule has 0 aromatic carbocycles. The molecule has 0 aliphatic carbocycles. The molecule has 1 N–H and O–H groups in total. The van der Waals surface area contributed by atoms with Crippen LogP contribution in [0.2, 0.25) is 0 Å². The lowest BCUT2D eigenvalue weighted by Crippen LogP contribution is -2.50. The molecule has 1 rings (SSSR count). The Morgan fingerprint density at radius 1 is 1.30 bits per heavy atom. The summed E-state index contributed by atoms with van der Waals surface area (Å²) in [4.78, 5) is 14.8. The molecule has 1 aromatic heterocycles. The van der Waals surface area contributed by atoms with Crippen LogP contribution in [-0.4, -0.2) is 42.1 Å². The summed E-state index contributed by atoms with van der Waals surface area (Å²) in [7, 11) is 2.14. The van der Waals surface area contributed by atoms with Crippen LogP contribution in [0.15, 0.2) is 4.52 Å². The number of carbonyl (C=O) groups excluding carboxylic acids is 1. The van der Waals surface area contributed by atoms with Crippen LogP contribution in [0.3, 0.4) is 0 Å². The molecule has 132 valence electrons. The van der Waals surface area contributed by atoms with E-state index in [9.17, 15) is 4.79 Å². The van der Waals surface area contributed by atoms with Gasteiger partial charge in [-0.2, -0.15) is 0 Å². The molecule has 1 atom stereocenters. The van der Waals surface area contributed by atoms with E-state index in [4.69, 9.17) is 4.52 Å². The van der Waals surface area contributed by atoms with E-state index in [2.05, 4.69) is 50.1 Å². The molecule has 0 saturated heterocycles. The number of hydrogen-bond acceptors (Lipinski definition) is 4. The topological polar surface area (TPSA) is 58.4 Å². The minimum atomic E-state index is -0.136. The van der Waals surface area contributed by atoms with Gasteiger partial charge in [-0.05, 0) is 40.3 Å². The van der Waals surface area contributed by atoms with Gasteiger partial charge in [0.1, 0.15) is 5.76 Å². The molecule has 23 heavy (non-hydrogen) atoms. The summed E-state index contributed by atoms with van der Waals surface area (Å²) in [5.41, 5.74) is 1.33. The van der Waals surface area contributed by atoms with Crippen molar-refractivity contribution in [3.63, 3.8) is 0 Å². The van der Waals surface area contributed by atoms with Gasteiger partial charge in [0.25, 0.3) is 5.91 Å². The highest BCUT2D eigenvalue weighted by Crippen LogP contribution is 2.32. The molecule has 1 unspecified atom stereocenters. The lowest BCUT2D eigenvalue weighted by molar-refractivity contribution is 0.0745. The van der Waals surface area contributed by atoms with Crippen LogP contribution in [0.25, 0.3) is 0 Å². The van der Waals surface area contributed by atoms with Crippen molar-refractivity contribution in [2.24, 2.45) is 5.41 Å². The highest BCUT2D eigenvalue weighted by molar-refractivity contribution is 5.93. The zero-order valence-corrected chi connectivity index (χ0v) is 15.8. The fourth-order valence-electron chi connectivity index (χ4n) is 3.23. The van der Waals surface area contributed by atoms with E-state index in [1.165, 1.54) is 0 Å². The van der Waals surface area contributed by atoms with E-state index in [1.807, 2.05) is 13.8 Å². The van der Waals surface area contributed by atoms with Gasteiger partial charge >= 0.3 is 0 Å². The Bertz CT molecular complexity index is 506. The average Bonchev–Trinajstić information content (AvgIpc) is 2.95. The second-order valence-corrected chi connectivity index (χ2v) is 6.43. The third-order valence-electron chi connectivity index (χ3n) is 5.61. The van der Waals surface area contributed by atoms with Crippen LogP contribution in [0, 0.1) is 12.3 Å². The summed E-state index contributed by atoms with van der Waals surface area (Å²) >= 11 is 0. The standard InChI is InChI=1S/C18H33N3O2/c1-8-15-13(5)16(20-23-15)17(22)19-12-18(9-2,10-3)14(6)21(7)11-4/h14H,8-12H2,1-7H3,(H,19,22). The normalized spacial score (nSPS) is 13.4. The van der Waals surface area contributed by atoms with E-state index in [0.29, 0.717) is 18.3 Å². The number of rotatable bonds is 9. The fourth-order valence-corrected chi connectivity index (χ4v) is 3.23. The summed E-state index contributed by atoms with van der Waals surface area (Å²) in [5, 5.41) is 7.03. The molecule has 5 heteroatoms. The van der Waals surface area contributed by atoms with Crippen molar-refractivity contribution < 1.29 is 9.32 Å². The molecule has 1 amide bonds. The predicted molar refractivity (Wildman–Crippen MR) is 93.7 cm³/mol. The Balaban J connectivity index is 2.86. The van der Waals surface area contributed by atoms with Crippen LogP contribution in [0.4, 0.5) is 0 Å². The molecular formula is C18H33N3O2. The zero-order chi connectivity index (χ0) is 17.6. The van der Waals surface area contributed by atoms with Crippen molar-refractivity contribution in [3.8, 4) is 0 Å². The van der Waals surface area contributed by atoms with Gasteiger partial charge in [0.05, 0.1) is 0 Å². The van der Waals surface area contributed by atoms with Gasteiger partial charge in [0.2, 0.25) is 0 Å². The summed E-state index contributed by atoms with van der Waals surface area (Å²) in [6.07, 6.45) is 2.79. The first kappa shape index (κ1) is 19.7. The van der Waals surface area contributed by atoms with Gasteiger partial charge < -0.3 is 14.7 Å². The highest BCUT2D eigenvalue weighted by Gasteiger charge is 2.35. The Morgan fingerprint density at radius 2 is 1.91 bits per heavy atom. The average molecular weight is 323 g/mol. The molecule has 0 spiro atoms. The largest absolute Gasteiger partial charge is 0.360 e. The Kier molecular flexibility index (Phi) is 7.26. The number of nitrogens with zero attached hydrogens (tertiary/aromatic N) is 2. The van der Waals surface area contributed by atoms with Crippen molar-refractivity contribution >= 4 is 5.91 Å². The van der Waals surface area contributed by atoms with Crippen LogP contribution in [-0.2, 0) is 6.42 Å². The SMILES string of the molecule is CCc1onc(C(=O)NCC(CC)(CC)C(C)N(C)CC)c1C. The number of amides is 1. The summed E-state index contributed by atoms with van der Waals surface area (Å²) in [5.74, 6) is 0.648. The number of hydrogen-bond donors (Lipinski definition) is 1. The fraction of sp³-hybridized carbons (Fsp3) is 0.778. The first-order valence-electron chi connectivity index (χ1n) is 8.80. The Hall–Kier alpha value is -1.36. The summed E-state index contributed by atoms with van der Waals surface area (Å²) < 4.78 is 5.23. The third-order valence-corrected chi connectivity index (χ3v) is 5.61. The molecular weight excluding hydrogens is 290 g/mol. The summed E-state index contributed by atoms with van der Waals surface area (Å²) in [6.45, 7) is 14.4. The molecule has 1 aromatic rings. The predicted octanol–water partition coefficient (Wildman–Crippen LogP) is 3.42. The van der Waals surface area contributed by atoms with Crippen molar-refractivity contribution in [2.75, 3.05) is 20.1 Å². The van der Waals surface area contributed by atoms with E-state index in [0.717, 1.165) is 37.1 Å². The maximum absolute atomic E-state index is 12.5. The number of aryl methyl sites for hydroxylation is 1. The lowest BCUT2D eigenvalue weighted by atomic mass is 9.75. The zero-order valence-electron chi connectivity index (χ0n) is 15.8. The van der Waals surface area contributed by atoms with Crippen LogP contribution in [0.5, 0.6) is 0 Å². The smallest absolute Gasteiger partial charge is 0.273 e. The lowest BCUT2D eigenvalue weighted by Gasteiger charge is -2.42. The molecule has 0 radical (unpaired) electrons. The molecule has 0 aliphatic heterocycles. The van der Waals surface area contributed by atoms with Crippen LogP contribution < -0.4 is 5.32 Å². The number of nitrogens with one attached hydrogen (secondary N) is 1. The second kappa shape index (κ2) is 8.48. The molecule has 0 aliphatic rings. The molecule has 5 nitrogen and oxygen atoms in total. The van der Waals surface area contributed by atoms with Crippen molar-refractivity contribution in [1.29, 1.82) is 0 Å². The molecule has 0 saturated carbocycles. The minimum Gasteiger partial charge on any atom is -0.360 e.